The van der Waals surface area contributed by atoms with Gasteiger partial charge in [0.15, 0.2) is 0 Å². The third-order valence-corrected chi connectivity index (χ3v) is 6.38. The van der Waals surface area contributed by atoms with Gasteiger partial charge in [0.1, 0.15) is 48.6 Å². The van der Waals surface area contributed by atoms with E-state index in [0.29, 0.717) is 0 Å². The van der Waals surface area contributed by atoms with E-state index in [1.54, 1.807) is 0 Å². The van der Waals surface area contributed by atoms with E-state index in [0.717, 1.165) is 13.8 Å². The van der Waals surface area contributed by atoms with Gasteiger partial charge in [0, 0.05) is 26.7 Å². The molecule has 2 rings (SSSR count). The predicted molar refractivity (Wildman–Crippen MR) is 130 cm³/mol. The molecule has 0 aliphatic carbocycles. The van der Waals surface area contributed by atoms with Crippen LogP contribution in [0.5, 0.6) is 0 Å². The summed E-state index contributed by atoms with van der Waals surface area (Å²) in [7, 11) is 0. The molecule has 0 bridgehead atoms. The molecule has 0 saturated carbocycles. The molecule has 0 radical (unpaired) electrons. The molecule has 0 aromatic carbocycles. The number of ether oxygens (including phenoxy) is 2. The van der Waals surface area contributed by atoms with Gasteiger partial charge in [-0.25, -0.2) is 0 Å². The number of carbonyl (C=O) groups is 4. The number of amides is 2. The number of nitrogens with one attached hydrogen (secondary N) is 2. The number of aliphatic carboxylic acids is 2. The van der Waals surface area contributed by atoms with Crippen LogP contribution in [0, 0.1) is 0 Å². The van der Waals surface area contributed by atoms with E-state index in [2.05, 4.69) is 10.6 Å². The van der Waals surface area contributed by atoms with E-state index in [-0.39, 0.29) is 48.9 Å². The average molecular weight is 754 g/mol. The number of rotatable bonds is 10. The summed E-state index contributed by atoms with van der Waals surface area (Å²) in [6, 6.07) is -2.59. The number of aliphatic hydroxyl groups excluding tert-OH is 8. The molecule has 0 spiro atoms. The predicted octanol–water partition coefficient (Wildman–Crippen LogP) is -10.8. The molecular weight excluding hydrogens is 718 g/mol. The van der Waals surface area contributed by atoms with Gasteiger partial charge in [-0.15, -0.1) is 0 Å². The van der Waals surface area contributed by atoms with E-state index >= 15 is 0 Å². The minimum absolute atomic E-state index is 0. The number of hydrogen-bond acceptors (Lipinski definition) is 18. The van der Waals surface area contributed by atoms with Gasteiger partial charge in [0.2, 0.25) is 23.4 Å². The van der Waals surface area contributed by atoms with Crippen LogP contribution in [-0.4, -0.2) is 209 Å². The second-order valence-electron chi connectivity index (χ2n) is 9.79. The Labute approximate surface area is 283 Å². The van der Waals surface area contributed by atoms with Gasteiger partial charge in [0.05, 0.1) is 37.5 Å². The summed E-state index contributed by atoms with van der Waals surface area (Å²) in [6.45, 7) is 0.456. The molecule has 2 heterocycles. The number of carboxylic acid groups (broad SMARTS) is 2. The van der Waals surface area contributed by atoms with Gasteiger partial charge in [0.25, 0.3) is 0 Å². The van der Waals surface area contributed by atoms with Crippen molar-refractivity contribution in [3.8, 4) is 0 Å². The fraction of sp³-hybridized carbons (Fsp3) is 0.818. The van der Waals surface area contributed by atoms with Gasteiger partial charge in [-0.1, -0.05) is 0 Å². The summed E-state index contributed by atoms with van der Waals surface area (Å²) in [4.78, 5) is 44.0. The Hall–Kier alpha value is -1.03. The number of carbonyl (C=O) groups excluding carboxylic acids is 4. The molecule has 2 fully saturated rings. The first-order valence-electron chi connectivity index (χ1n) is 12.3. The van der Waals surface area contributed by atoms with Gasteiger partial charge in [-0.2, -0.15) is 0 Å². The Morgan fingerprint density at radius 3 is 1.23 bits per heavy atom. The topological polar surface area (TPSA) is 359 Å². The minimum Gasteiger partial charge on any atom is -0.544 e. The maximum atomic E-state index is 11.1. The zero-order valence-electron chi connectivity index (χ0n) is 23.0. The van der Waals surface area contributed by atoms with Crippen molar-refractivity contribution in [3.63, 3.8) is 0 Å². The summed E-state index contributed by atoms with van der Waals surface area (Å²) in [6.07, 6.45) is -15.3. The summed E-state index contributed by atoms with van der Waals surface area (Å²) >= 11 is 0. The smallest absolute Gasteiger partial charge is 0.544 e. The molecule has 0 aromatic heterocycles. The quantitative estimate of drug-likeness (QED) is 0.0921. The van der Waals surface area contributed by atoms with Crippen LogP contribution in [-0.2, 0) is 28.7 Å². The first kappa shape index (κ1) is 42.0. The molecule has 43 heavy (non-hydrogen) atoms. The molecule has 244 valence electrons. The molecule has 0 aromatic rings. The zero-order valence-corrected chi connectivity index (χ0v) is 27.5. The van der Waals surface area contributed by atoms with E-state index in [4.69, 9.17) is 19.7 Å². The van der Waals surface area contributed by atoms with Crippen LogP contribution in [0.15, 0.2) is 0 Å². The monoisotopic (exact) mass is 754 g/mol. The molecule has 2 amide bonds. The molecular formula is C22H36BaN2O18. The van der Waals surface area contributed by atoms with E-state index in [9.17, 15) is 70.2 Å². The summed E-state index contributed by atoms with van der Waals surface area (Å²) < 4.78 is 9.60. The van der Waals surface area contributed by atoms with Crippen LogP contribution in [0.25, 0.3) is 0 Å². The number of aliphatic hydroxyl groups is 10. The van der Waals surface area contributed by atoms with Gasteiger partial charge in [-0.3, -0.25) is 9.59 Å². The molecule has 12 atom stereocenters. The molecule has 12 N–H and O–H groups in total. The van der Waals surface area contributed by atoms with Crippen molar-refractivity contribution >= 4 is 72.6 Å². The maximum Gasteiger partial charge on any atom is 2.00 e. The van der Waals surface area contributed by atoms with Crippen LogP contribution >= 0.6 is 0 Å². The standard InChI is InChI=1S/2C11H19NO9.Ba/c2*1-4(14)12-7-5(15)2-11(20,10(18)19)21-9(7)8(17)6(16)3-13;/h2*5-9,13,15-17,20H,2-3H2,1H3,(H,12,14)(H,18,19);/q;;+2/p-2/t2*5-,6+,7+,8+,9+,11?;/m00./s1. The van der Waals surface area contributed by atoms with Crippen molar-refractivity contribution in [1.82, 2.24) is 10.6 Å². The average Bonchev–Trinajstić information content (AvgIpc) is 2.89. The van der Waals surface area contributed by atoms with Crippen molar-refractivity contribution in [2.75, 3.05) is 13.2 Å². The second kappa shape index (κ2) is 17.6. The summed E-state index contributed by atoms with van der Waals surface area (Å²) in [5.74, 6) is -11.1. The largest absolute Gasteiger partial charge is 2.00 e. The Morgan fingerprint density at radius 1 is 0.744 bits per heavy atom. The van der Waals surface area contributed by atoms with Crippen molar-refractivity contribution in [2.24, 2.45) is 0 Å². The Kier molecular flexibility index (Phi) is 17.2. The normalized spacial score (nSPS) is 35.0. The first-order valence-corrected chi connectivity index (χ1v) is 12.3. The third-order valence-electron chi connectivity index (χ3n) is 6.38. The van der Waals surface area contributed by atoms with E-state index in [1.807, 2.05) is 0 Å². The summed E-state index contributed by atoms with van der Waals surface area (Å²) in [5, 5.41) is 122. The van der Waals surface area contributed by atoms with Gasteiger partial charge < -0.3 is 91.0 Å². The fourth-order valence-corrected chi connectivity index (χ4v) is 4.26. The maximum absolute atomic E-state index is 11.1. The Bertz CT molecular complexity index is 887. The first-order chi connectivity index (χ1) is 19.2. The van der Waals surface area contributed by atoms with Crippen LogP contribution in [0.1, 0.15) is 26.7 Å². The van der Waals surface area contributed by atoms with E-state index in [1.165, 1.54) is 0 Å². The fourth-order valence-electron chi connectivity index (χ4n) is 4.26. The Morgan fingerprint density at radius 2 is 1.02 bits per heavy atom. The van der Waals surface area contributed by atoms with Gasteiger partial charge >= 0.3 is 48.9 Å². The van der Waals surface area contributed by atoms with Crippen molar-refractivity contribution < 1.29 is 89.9 Å². The van der Waals surface area contributed by atoms with Crippen molar-refractivity contribution in [2.45, 2.75) is 99.2 Å². The molecule has 2 aliphatic rings. The SMILES string of the molecule is CC(=O)N[C@H]1[C@H]([C@H](O)[C@H](O)CO)OC(O)(C(=O)[O-])C[C@@H]1O.CC(=O)N[C@H]1[C@H]([C@H](O)[C@H](O)CO)OC(O)(C(=O)[O-])C[C@@H]1O.[Ba+2]. The molecule has 2 saturated heterocycles. The van der Waals surface area contributed by atoms with Crippen LogP contribution in [0.3, 0.4) is 0 Å². The van der Waals surface area contributed by atoms with Crippen LogP contribution in [0.4, 0.5) is 0 Å². The molecule has 2 unspecified atom stereocenters. The Balaban J connectivity index is 0.000000802. The number of carboxylic acids is 2. The minimum atomic E-state index is -2.89. The van der Waals surface area contributed by atoms with Crippen LogP contribution < -0.4 is 20.8 Å². The number of hydrogen-bond donors (Lipinski definition) is 12. The second-order valence-corrected chi connectivity index (χ2v) is 9.79. The van der Waals surface area contributed by atoms with Crippen molar-refractivity contribution in [1.29, 1.82) is 0 Å². The van der Waals surface area contributed by atoms with E-state index < -0.39 is 122 Å². The molecule has 2 aliphatic heterocycles. The van der Waals surface area contributed by atoms with Crippen LogP contribution in [0.2, 0.25) is 0 Å². The zero-order chi connectivity index (χ0) is 32.7. The van der Waals surface area contributed by atoms with Gasteiger partial charge in [-0.05, 0) is 0 Å². The summed E-state index contributed by atoms with van der Waals surface area (Å²) in [5.41, 5.74) is 0. The molecule has 20 nitrogen and oxygen atoms in total. The molecule has 21 heteroatoms. The van der Waals surface area contributed by atoms with Crippen molar-refractivity contribution in [3.05, 3.63) is 0 Å². The third kappa shape index (κ3) is 11.1.